The molecule has 1 amide bonds. The van der Waals surface area contributed by atoms with Crippen molar-refractivity contribution in [1.82, 2.24) is 15.2 Å². The van der Waals surface area contributed by atoms with Gasteiger partial charge in [0, 0.05) is 30.1 Å². The average Bonchev–Trinajstić information content (AvgIpc) is 3.24. The second kappa shape index (κ2) is 10.0. The molecule has 30 heavy (non-hydrogen) atoms. The molecule has 1 unspecified atom stereocenters. The van der Waals surface area contributed by atoms with Crippen molar-refractivity contribution in [2.24, 2.45) is 0 Å². The Kier molecular flexibility index (Phi) is 6.92. The number of likely N-dealkylation sites (tertiary alicyclic amines) is 1. The Hall–Kier alpha value is -2.50. The molecular weight excluding hydrogens is 390 g/mol. The Morgan fingerprint density at radius 1 is 1.10 bits per heavy atom. The van der Waals surface area contributed by atoms with Crippen LogP contribution in [0.1, 0.15) is 43.0 Å². The van der Waals surface area contributed by atoms with Crippen molar-refractivity contribution < 1.29 is 4.79 Å². The molecular formula is C25H29N3OS. The largest absolute Gasteiger partial charge is 0.352 e. The van der Waals surface area contributed by atoms with Gasteiger partial charge in [-0.1, -0.05) is 61.0 Å². The topological polar surface area (TPSA) is 45.2 Å². The molecule has 156 valence electrons. The van der Waals surface area contributed by atoms with E-state index >= 15 is 0 Å². The second-order valence-corrected chi connectivity index (χ2v) is 8.91. The van der Waals surface area contributed by atoms with Crippen molar-refractivity contribution in [1.29, 1.82) is 0 Å². The number of hydrogen-bond donors (Lipinski definition) is 1. The van der Waals surface area contributed by atoms with Crippen LogP contribution in [0.3, 0.4) is 0 Å². The summed E-state index contributed by atoms with van der Waals surface area (Å²) in [5, 5.41) is 6.03. The molecule has 1 atom stereocenters. The Labute approximate surface area is 183 Å². The lowest BCUT2D eigenvalue weighted by Crippen LogP contribution is -2.37. The maximum atomic E-state index is 12.5. The summed E-state index contributed by atoms with van der Waals surface area (Å²) in [6, 6.07) is 19.2. The Bertz CT molecular complexity index is 969. The number of nitrogens with one attached hydrogen (secondary N) is 1. The van der Waals surface area contributed by atoms with Gasteiger partial charge in [-0.25, -0.2) is 4.98 Å². The lowest BCUT2D eigenvalue weighted by molar-refractivity contribution is -0.120. The smallest absolute Gasteiger partial charge is 0.226 e. The summed E-state index contributed by atoms with van der Waals surface area (Å²) < 4.78 is 0. The van der Waals surface area contributed by atoms with Crippen molar-refractivity contribution in [2.75, 3.05) is 6.54 Å². The Morgan fingerprint density at radius 3 is 2.67 bits per heavy atom. The Morgan fingerprint density at radius 2 is 1.87 bits per heavy atom. The van der Waals surface area contributed by atoms with Gasteiger partial charge in [0.05, 0.1) is 12.1 Å². The van der Waals surface area contributed by atoms with E-state index in [1.165, 1.54) is 30.4 Å². The van der Waals surface area contributed by atoms with Crippen LogP contribution in [0.25, 0.3) is 10.6 Å². The van der Waals surface area contributed by atoms with Crippen molar-refractivity contribution in [3.05, 3.63) is 76.8 Å². The first-order valence-corrected chi connectivity index (χ1v) is 11.6. The van der Waals surface area contributed by atoms with E-state index in [1.807, 2.05) is 35.7 Å². The molecule has 0 bridgehead atoms. The minimum absolute atomic E-state index is 0.0149. The van der Waals surface area contributed by atoms with Gasteiger partial charge in [0.1, 0.15) is 5.01 Å². The Balaban J connectivity index is 1.34. The standard InChI is InChI=1S/C25H29N3OS/c1-19-9-7-8-14-28(19)17-22-13-6-5-12-21(22)16-26-24(29)15-23-18-30-25(27-23)20-10-3-2-4-11-20/h2-6,10-13,18-19H,7-9,14-17H2,1H3,(H,26,29). The minimum Gasteiger partial charge on any atom is -0.352 e. The number of rotatable bonds is 7. The molecule has 1 aliphatic rings. The first kappa shape index (κ1) is 20.8. The van der Waals surface area contributed by atoms with Gasteiger partial charge in [0.15, 0.2) is 0 Å². The van der Waals surface area contributed by atoms with Gasteiger partial charge in [-0.15, -0.1) is 11.3 Å². The van der Waals surface area contributed by atoms with Crippen LogP contribution < -0.4 is 5.32 Å². The third-order valence-electron chi connectivity index (χ3n) is 5.82. The van der Waals surface area contributed by atoms with E-state index in [0.717, 1.165) is 29.4 Å². The highest BCUT2D eigenvalue weighted by Gasteiger charge is 2.19. The fourth-order valence-electron chi connectivity index (χ4n) is 4.02. The molecule has 0 saturated carbocycles. The number of nitrogens with zero attached hydrogens (tertiary/aromatic N) is 2. The van der Waals surface area contributed by atoms with Crippen LogP contribution in [0.2, 0.25) is 0 Å². The summed E-state index contributed by atoms with van der Waals surface area (Å²) in [5.41, 5.74) is 4.43. The fraction of sp³-hybridized carbons (Fsp3) is 0.360. The van der Waals surface area contributed by atoms with Crippen molar-refractivity contribution >= 4 is 17.2 Å². The minimum atomic E-state index is 0.0149. The molecule has 0 aliphatic carbocycles. The number of aromatic nitrogens is 1. The molecule has 4 nitrogen and oxygen atoms in total. The zero-order valence-corrected chi connectivity index (χ0v) is 18.3. The van der Waals surface area contributed by atoms with Gasteiger partial charge >= 0.3 is 0 Å². The van der Waals surface area contributed by atoms with Crippen LogP contribution in [0.15, 0.2) is 60.0 Å². The number of carbonyl (C=O) groups is 1. The van der Waals surface area contributed by atoms with E-state index in [0.29, 0.717) is 19.0 Å². The zero-order valence-electron chi connectivity index (χ0n) is 17.5. The van der Waals surface area contributed by atoms with Crippen LogP contribution in [0, 0.1) is 0 Å². The lowest BCUT2D eigenvalue weighted by atomic mass is 10.0. The summed E-state index contributed by atoms with van der Waals surface area (Å²) in [4.78, 5) is 19.7. The van der Waals surface area contributed by atoms with Crippen molar-refractivity contribution in [3.63, 3.8) is 0 Å². The molecule has 1 N–H and O–H groups in total. The van der Waals surface area contributed by atoms with Crippen molar-refractivity contribution in [2.45, 2.75) is 51.7 Å². The van der Waals surface area contributed by atoms with Crippen LogP contribution in [0.4, 0.5) is 0 Å². The molecule has 3 aromatic rings. The van der Waals surface area contributed by atoms with Gasteiger partial charge < -0.3 is 5.32 Å². The quantitative estimate of drug-likeness (QED) is 0.583. The molecule has 0 radical (unpaired) electrons. The highest BCUT2D eigenvalue weighted by molar-refractivity contribution is 7.13. The molecule has 1 saturated heterocycles. The lowest BCUT2D eigenvalue weighted by Gasteiger charge is -2.33. The van der Waals surface area contributed by atoms with Gasteiger partial charge in [-0.2, -0.15) is 0 Å². The highest BCUT2D eigenvalue weighted by Crippen LogP contribution is 2.24. The van der Waals surface area contributed by atoms with E-state index in [2.05, 4.69) is 46.4 Å². The number of piperidine rings is 1. The average molecular weight is 420 g/mol. The third-order valence-corrected chi connectivity index (χ3v) is 6.76. The number of carbonyl (C=O) groups excluding carboxylic acids is 1. The zero-order chi connectivity index (χ0) is 20.8. The summed E-state index contributed by atoms with van der Waals surface area (Å²) in [6.07, 6.45) is 4.20. The van der Waals surface area contributed by atoms with Gasteiger partial charge in [0.25, 0.3) is 0 Å². The second-order valence-electron chi connectivity index (χ2n) is 8.05. The monoisotopic (exact) mass is 419 g/mol. The number of amides is 1. The maximum Gasteiger partial charge on any atom is 0.226 e. The van der Waals surface area contributed by atoms with Gasteiger partial charge in [-0.05, 0) is 37.4 Å². The van der Waals surface area contributed by atoms with Gasteiger partial charge in [-0.3, -0.25) is 9.69 Å². The van der Waals surface area contributed by atoms with Crippen LogP contribution in [0.5, 0.6) is 0 Å². The molecule has 0 spiro atoms. The molecule has 2 heterocycles. The SMILES string of the molecule is CC1CCCCN1Cc1ccccc1CNC(=O)Cc1csc(-c2ccccc2)n1. The number of thiazole rings is 1. The number of hydrogen-bond acceptors (Lipinski definition) is 4. The van der Waals surface area contributed by atoms with Gasteiger partial charge in [0.2, 0.25) is 5.91 Å². The molecule has 4 rings (SSSR count). The normalized spacial score (nSPS) is 17.0. The first-order chi connectivity index (χ1) is 14.7. The molecule has 2 aromatic carbocycles. The summed E-state index contributed by atoms with van der Waals surface area (Å²) in [7, 11) is 0. The molecule has 1 fully saturated rings. The predicted molar refractivity (Wildman–Crippen MR) is 123 cm³/mol. The van der Waals surface area contributed by atoms with Crippen LogP contribution >= 0.6 is 11.3 Å². The summed E-state index contributed by atoms with van der Waals surface area (Å²) in [5.74, 6) is 0.0149. The van der Waals surface area contributed by atoms with E-state index in [1.54, 1.807) is 11.3 Å². The van der Waals surface area contributed by atoms with Crippen LogP contribution in [-0.2, 0) is 24.3 Å². The van der Waals surface area contributed by atoms with Crippen molar-refractivity contribution in [3.8, 4) is 10.6 Å². The number of benzene rings is 2. The van der Waals surface area contributed by atoms with E-state index in [-0.39, 0.29) is 5.91 Å². The van der Waals surface area contributed by atoms with E-state index < -0.39 is 0 Å². The van der Waals surface area contributed by atoms with E-state index in [9.17, 15) is 4.79 Å². The predicted octanol–water partition coefficient (Wildman–Crippen LogP) is 5.04. The summed E-state index contributed by atoms with van der Waals surface area (Å²) in [6.45, 7) is 5.00. The molecule has 1 aliphatic heterocycles. The first-order valence-electron chi connectivity index (χ1n) is 10.8. The maximum absolute atomic E-state index is 12.5. The third kappa shape index (κ3) is 5.35. The fourth-order valence-corrected chi connectivity index (χ4v) is 4.84. The highest BCUT2D eigenvalue weighted by atomic mass is 32.1. The van der Waals surface area contributed by atoms with E-state index in [4.69, 9.17) is 0 Å². The molecule has 5 heteroatoms. The molecule has 1 aromatic heterocycles. The van der Waals surface area contributed by atoms with Crippen LogP contribution in [-0.4, -0.2) is 28.4 Å². The summed E-state index contributed by atoms with van der Waals surface area (Å²) >= 11 is 1.58.